The van der Waals surface area contributed by atoms with E-state index in [2.05, 4.69) is 34.6 Å². The second kappa shape index (κ2) is 69.2. The molecule has 0 aliphatic carbocycles. The second-order valence-corrected chi connectivity index (χ2v) is 30.8. The first-order valence-electron chi connectivity index (χ1n) is 39.6. The summed E-state index contributed by atoms with van der Waals surface area (Å²) in [5.74, 6) is -1.32. The Morgan fingerprint density at radius 1 is 0.284 bits per heavy atom. The summed E-state index contributed by atoms with van der Waals surface area (Å²) in [6.45, 7) is 7.28. The number of hydrogen-bond donors (Lipinski definition) is 3. The highest BCUT2D eigenvalue weighted by atomic mass is 31.2. The van der Waals surface area contributed by atoms with Gasteiger partial charge >= 0.3 is 39.5 Å². The molecule has 17 nitrogen and oxygen atoms in total. The van der Waals surface area contributed by atoms with Gasteiger partial charge in [0.25, 0.3) is 0 Å². The van der Waals surface area contributed by atoms with Gasteiger partial charge in [-0.3, -0.25) is 37.3 Å². The molecule has 0 radical (unpaired) electrons. The Morgan fingerprint density at radius 2 is 0.484 bits per heavy atom. The third-order valence-electron chi connectivity index (χ3n) is 17.8. The molecule has 0 aliphatic rings. The van der Waals surface area contributed by atoms with E-state index in [0.717, 1.165) is 109 Å². The Balaban J connectivity index is 5.19. The number of phosphoric ester groups is 2. The zero-order valence-electron chi connectivity index (χ0n) is 61.8. The molecule has 0 bridgehead atoms. The van der Waals surface area contributed by atoms with Crippen molar-refractivity contribution in [3.63, 3.8) is 0 Å². The average molecular weight is 1400 g/mol. The summed E-state index contributed by atoms with van der Waals surface area (Å²) in [6, 6.07) is 0. The molecule has 0 spiro atoms. The molecule has 5 atom stereocenters. The molecule has 3 N–H and O–H groups in total. The van der Waals surface area contributed by atoms with Crippen molar-refractivity contribution >= 4 is 39.5 Å². The molecule has 0 rings (SSSR count). The fourth-order valence-corrected chi connectivity index (χ4v) is 13.3. The maximum Gasteiger partial charge on any atom is 0.472 e. The van der Waals surface area contributed by atoms with Gasteiger partial charge in [0, 0.05) is 25.7 Å². The number of carbonyl (C=O) groups excluding carboxylic acids is 4. The number of esters is 4. The van der Waals surface area contributed by atoms with Crippen LogP contribution in [0.25, 0.3) is 0 Å². The highest BCUT2D eigenvalue weighted by Crippen LogP contribution is 2.45. The maximum absolute atomic E-state index is 13.1. The predicted octanol–water partition coefficient (Wildman–Crippen LogP) is 22.5. The molecule has 2 unspecified atom stereocenters. The molecule has 0 aliphatic heterocycles. The highest BCUT2D eigenvalue weighted by molar-refractivity contribution is 7.47. The number of unbranched alkanes of at least 4 members (excludes halogenated alkanes) is 48. The normalized spacial score (nSPS) is 13.9. The number of hydrogen-bond acceptors (Lipinski definition) is 15. The lowest BCUT2D eigenvalue weighted by atomic mass is 10.0. The molecule has 0 saturated carbocycles. The van der Waals surface area contributed by atoms with Crippen LogP contribution in [0.4, 0.5) is 0 Å². The van der Waals surface area contributed by atoms with Gasteiger partial charge in [-0.1, -0.05) is 349 Å². The van der Waals surface area contributed by atoms with Gasteiger partial charge in [0.1, 0.15) is 19.3 Å². The van der Waals surface area contributed by atoms with Crippen LogP contribution in [0.15, 0.2) is 0 Å². The minimum Gasteiger partial charge on any atom is -0.462 e. The first-order valence-corrected chi connectivity index (χ1v) is 42.6. The molecule has 0 fully saturated rings. The number of carbonyl (C=O) groups is 4. The van der Waals surface area contributed by atoms with Crippen LogP contribution in [0, 0.1) is 5.92 Å². The van der Waals surface area contributed by atoms with Crippen molar-refractivity contribution in [2.75, 3.05) is 39.6 Å². The van der Waals surface area contributed by atoms with Crippen LogP contribution in [-0.2, 0) is 65.4 Å². The van der Waals surface area contributed by atoms with Crippen LogP contribution in [-0.4, -0.2) is 96.7 Å². The van der Waals surface area contributed by atoms with Crippen molar-refractivity contribution in [1.82, 2.24) is 0 Å². The molecule has 95 heavy (non-hydrogen) atoms. The molecule has 19 heteroatoms. The average Bonchev–Trinajstić information content (AvgIpc) is 1.96. The van der Waals surface area contributed by atoms with Crippen molar-refractivity contribution in [2.45, 2.75) is 419 Å². The van der Waals surface area contributed by atoms with Crippen LogP contribution in [0.3, 0.4) is 0 Å². The highest BCUT2D eigenvalue weighted by Gasteiger charge is 2.30. The Hall–Kier alpha value is -1.94. The summed E-state index contributed by atoms with van der Waals surface area (Å²) in [5, 5.41) is 10.6. The lowest BCUT2D eigenvalue weighted by molar-refractivity contribution is -0.161. The van der Waals surface area contributed by atoms with E-state index < -0.39 is 97.5 Å². The van der Waals surface area contributed by atoms with Gasteiger partial charge in [0.05, 0.1) is 26.4 Å². The molecule has 564 valence electrons. The van der Waals surface area contributed by atoms with Crippen LogP contribution in [0.5, 0.6) is 0 Å². The summed E-state index contributed by atoms with van der Waals surface area (Å²) < 4.78 is 68.4. The smallest absolute Gasteiger partial charge is 0.462 e. The van der Waals surface area contributed by atoms with Gasteiger partial charge in [-0.2, -0.15) is 0 Å². The van der Waals surface area contributed by atoms with E-state index >= 15 is 0 Å². The minimum absolute atomic E-state index is 0.108. The summed E-state index contributed by atoms with van der Waals surface area (Å²) in [7, 11) is -9.91. The first-order chi connectivity index (χ1) is 46.0. The lowest BCUT2D eigenvalue weighted by Crippen LogP contribution is -2.30. The van der Waals surface area contributed by atoms with E-state index in [4.69, 9.17) is 37.0 Å². The topological polar surface area (TPSA) is 237 Å². The molecule has 0 amide bonds. The largest absolute Gasteiger partial charge is 0.472 e. The van der Waals surface area contributed by atoms with Crippen molar-refractivity contribution in [1.29, 1.82) is 0 Å². The third kappa shape index (κ3) is 70.3. The molecule has 0 aromatic heterocycles. The Kier molecular flexibility index (Phi) is 67.7. The molecule has 0 heterocycles. The van der Waals surface area contributed by atoms with Crippen LogP contribution in [0.2, 0.25) is 0 Å². The fourth-order valence-electron chi connectivity index (χ4n) is 11.7. The summed E-state index contributed by atoms with van der Waals surface area (Å²) >= 11 is 0. The number of aliphatic hydroxyl groups is 1. The van der Waals surface area contributed by atoms with Gasteiger partial charge in [-0.25, -0.2) is 9.13 Å². The number of rotatable bonds is 76. The van der Waals surface area contributed by atoms with E-state index in [1.54, 1.807) is 0 Å². The van der Waals surface area contributed by atoms with Crippen molar-refractivity contribution in [3.8, 4) is 0 Å². The molecule has 0 aromatic carbocycles. The van der Waals surface area contributed by atoms with E-state index in [1.807, 2.05) is 0 Å². The standard InChI is InChI=1S/C76H148O17P2/c1-6-9-12-15-18-20-22-24-26-27-29-33-38-42-47-52-57-62-76(81)93-72(66-87-74(79)60-55-50-45-40-36-34-30-31-35-39-44-48-53-58-69(4)5)68-91-95(84,85)89-64-70(77)63-88-94(82,83)90-67-71(65-86-73(78)59-54-49-43-17-14-11-8-3)92-75(80)61-56-51-46-41-37-32-28-25-23-21-19-16-13-10-7-2/h69-72,77H,6-68H2,1-5H3,(H,82,83)(H,84,85)/t70-,71+,72+/m0/s1. The predicted molar refractivity (Wildman–Crippen MR) is 386 cm³/mol. The van der Waals surface area contributed by atoms with Gasteiger partial charge in [-0.15, -0.1) is 0 Å². The van der Waals surface area contributed by atoms with Crippen LogP contribution >= 0.6 is 15.6 Å². The zero-order chi connectivity index (χ0) is 69.8. The van der Waals surface area contributed by atoms with Gasteiger partial charge in [0.2, 0.25) is 0 Å². The third-order valence-corrected chi connectivity index (χ3v) is 19.7. The first kappa shape index (κ1) is 93.1. The van der Waals surface area contributed by atoms with Gasteiger partial charge < -0.3 is 33.8 Å². The quantitative estimate of drug-likeness (QED) is 0.0222. The second-order valence-electron chi connectivity index (χ2n) is 27.9. The summed E-state index contributed by atoms with van der Waals surface area (Å²) in [5.41, 5.74) is 0. The Labute approximate surface area is 581 Å². The SMILES string of the molecule is CCCCCCCCCCCCCCCCCCCC(=O)O[C@H](COC(=O)CCCCCCCCCCCCCCCC(C)C)COP(=O)(O)OC[C@@H](O)COP(=O)(O)OC[C@@H](COC(=O)CCCCCCCCC)OC(=O)CCCCCCCCCCCCCCCCC. The lowest BCUT2D eigenvalue weighted by Gasteiger charge is -2.21. The fraction of sp³-hybridized carbons (Fsp3) is 0.947. The van der Waals surface area contributed by atoms with E-state index in [1.165, 1.54) is 212 Å². The summed E-state index contributed by atoms with van der Waals surface area (Å²) in [6.07, 6.45) is 58.3. The Bertz CT molecular complexity index is 1820. The van der Waals surface area contributed by atoms with Crippen molar-refractivity contribution in [2.24, 2.45) is 5.92 Å². The number of ether oxygens (including phenoxy) is 4. The Morgan fingerprint density at radius 3 is 0.716 bits per heavy atom. The monoisotopic (exact) mass is 1400 g/mol. The molecular weight excluding hydrogens is 1250 g/mol. The van der Waals surface area contributed by atoms with Crippen LogP contribution < -0.4 is 0 Å². The van der Waals surface area contributed by atoms with E-state index in [0.29, 0.717) is 25.7 Å². The van der Waals surface area contributed by atoms with Gasteiger partial charge in [0.15, 0.2) is 12.2 Å². The summed E-state index contributed by atoms with van der Waals surface area (Å²) in [4.78, 5) is 72.7. The van der Waals surface area contributed by atoms with E-state index in [-0.39, 0.29) is 25.7 Å². The molecule has 0 aromatic rings. The van der Waals surface area contributed by atoms with Crippen molar-refractivity contribution in [3.05, 3.63) is 0 Å². The maximum atomic E-state index is 13.1. The molecule has 0 saturated heterocycles. The number of phosphoric acid groups is 2. The van der Waals surface area contributed by atoms with Gasteiger partial charge in [-0.05, 0) is 31.6 Å². The van der Waals surface area contributed by atoms with Crippen LogP contribution in [0.1, 0.15) is 401 Å². The minimum atomic E-state index is -4.96. The zero-order valence-corrected chi connectivity index (χ0v) is 63.6. The number of aliphatic hydroxyl groups excluding tert-OH is 1. The van der Waals surface area contributed by atoms with E-state index in [9.17, 15) is 43.2 Å². The molecular formula is C76H148O17P2. The van der Waals surface area contributed by atoms with Crippen molar-refractivity contribution < 1.29 is 80.2 Å².